The van der Waals surface area contributed by atoms with Crippen LogP contribution in [0.25, 0.3) is 33.3 Å². The highest BCUT2D eigenvalue weighted by atomic mass is 19.4. The van der Waals surface area contributed by atoms with Crippen LogP contribution in [0.15, 0.2) is 30.7 Å². The summed E-state index contributed by atoms with van der Waals surface area (Å²) in [6.07, 6.45) is 4.05. The number of nitrogens with zero attached hydrogens (tertiary/aromatic N) is 5. The lowest BCUT2D eigenvalue weighted by Gasteiger charge is -2.39. The summed E-state index contributed by atoms with van der Waals surface area (Å²) in [6, 6.07) is 2.60. The summed E-state index contributed by atoms with van der Waals surface area (Å²) < 4.78 is 40.3. The Morgan fingerprint density at radius 1 is 1.14 bits per heavy atom. The molecule has 2 saturated heterocycles. The van der Waals surface area contributed by atoms with E-state index in [0.717, 1.165) is 48.6 Å². The fraction of sp³-hybridized carbons (Fsp3) is 0.440. The molecule has 0 aromatic carbocycles. The van der Waals surface area contributed by atoms with Gasteiger partial charge in [0.1, 0.15) is 17.2 Å². The van der Waals surface area contributed by atoms with Crippen LogP contribution in [0.3, 0.4) is 0 Å². The maximum Gasteiger partial charge on any atom is 0.431 e. The van der Waals surface area contributed by atoms with E-state index in [1.165, 1.54) is 6.20 Å². The van der Waals surface area contributed by atoms with Crippen LogP contribution in [0.5, 0.6) is 0 Å². The molecular weight excluding hydrogens is 471 g/mol. The van der Waals surface area contributed by atoms with Crippen LogP contribution in [0.1, 0.15) is 42.9 Å². The minimum absolute atomic E-state index is 0.105. The number of pyridine rings is 2. The minimum atomic E-state index is -4.52. The van der Waals surface area contributed by atoms with Gasteiger partial charge in [0.05, 0.1) is 23.4 Å². The van der Waals surface area contributed by atoms with Crippen LogP contribution in [0, 0.1) is 0 Å². The molecule has 1 saturated carbocycles. The maximum absolute atomic E-state index is 13.4. The summed E-state index contributed by atoms with van der Waals surface area (Å²) in [5, 5.41) is 15.9. The number of β-amino-alcohol motifs (C(OH)–C–C–N with tert-alkyl or cyclic N) is 1. The molecule has 0 bridgehead atoms. The molecule has 8 nitrogen and oxygen atoms in total. The first-order valence-corrected chi connectivity index (χ1v) is 12.2. The zero-order valence-corrected chi connectivity index (χ0v) is 19.3. The van der Waals surface area contributed by atoms with Crippen molar-refractivity contribution < 1.29 is 18.3 Å². The third-order valence-electron chi connectivity index (χ3n) is 7.79. The van der Waals surface area contributed by atoms with Crippen molar-refractivity contribution in [3.05, 3.63) is 42.0 Å². The van der Waals surface area contributed by atoms with E-state index in [4.69, 9.17) is 9.97 Å². The molecule has 0 unspecified atom stereocenters. The van der Waals surface area contributed by atoms with Crippen molar-refractivity contribution in [3.8, 4) is 11.4 Å². The Hall–Kier alpha value is -3.31. The van der Waals surface area contributed by atoms with Crippen LogP contribution in [0.4, 0.5) is 19.0 Å². The molecule has 4 aromatic rings. The maximum atomic E-state index is 13.4. The minimum Gasteiger partial charge on any atom is -0.386 e. The van der Waals surface area contributed by atoms with Gasteiger partial charge in [0.15, 0.2) is 5.82 Å². The van der Waals surface area contributed by atoms with E-state index in [1.54, 1.807) is 12.3 Å². The predicted molar refractivity (Wildman–Crippen MR) is 128 cm³/mol. The average molecular weight is 496 g/mol. The van der Waals surface area contributed by atoms with Crippen molar-refractivity contribution in [1.29, 1.82) is 0 Å². The van der Waals surface area contributed by atoms with Crippen molar-refractivity contribution in [2.75, 3.05) is 24.5 Å². The van der Waals surface area contributed by atoms with Gasteiger partial charge in [-0.1, -0.05) is 0 Å². The number of hydrogen-bond acceptors (Lipinski definition) is 7. The van der Waals surface area contributed by atoms with Crippen LogP contribution in [-0.4, -0.2) is 61.3 Å². The fourth-order valence-corrected chi connectivity index (χ4v) is 5.85. The standard InChI is InChI=1S/C25H24F3N7O/c26-25(27,28)18-9-15-14(3-7-31-21(15)33-18)22-32-17-11-30-10-16(13-1-2-13)20(17)23(34-22)35-8-5-24(36)12-29-6-4-19(24)35/h3,7,9-11,13,19,29,36H,1-2,4-6,8,12H2,(H,31,33)/t19-,24-/m0/s1. The van der Waals surface area contributed by atoms with Gasteiger partial charge in [0.25, 0.3) is 0 Å². The second kappa shape index (κ2) is 7.59. The second-order valence-electron chi connectivity index (χ2n) is 10.1. The Morgan fingerprint density at radius 2 is 2.00 bits per heavy atom. The van der Waals surface area contributed by atoms with Crippen molar-refractivity contribution in [3.63, 3.8) is 0 Å². The van der Waals surface area contributed by atoms with Gasteiger partial charge in [0.2, 0.25) is 0 Å². The van der Waals surface area contributed by atoms with Gasteiger partial charge in [-0.2, -0.15) is 13.2 Å². The van der Waals surface area contributed by atoms with E-state index in [1.807, 2.05) is 6.20 Å². The molecule has 1 aliphatic carbocycles. The van der Waals surface area contributed by atoms with E-state index in [0.29, 0.717) is 47.7 Å². The Bertz CT molecular complexity index is 1500. The van der Waals surface area contributed by atoms with Crippen LogP contribution in [-0.2, 0) is 6.18 Å². The molecule has 4 aromatic heterocycles. The van der Waals surface area contributed by atoms with Gasteiger partial charge < -0.3 is 20.3 Å². The molecule has 2 aliphatic heterocycles. The van der Waals surface area contributed by atoms with Crippen molar-refractivity contribution in [2.24, 2.45) is 0 Å². The number of alkyl halides is 3. The summed E-state index contributed by atoms with van der Waals surface area (Å²) in [4.78, 5) is 22.9. The quantitative estimate of drug-likeness (QED) is 0.398. The number of anilines is 1. The fourth-order valence-electron chi connectivity index (χ4n) is 5.85. The molecule has 7 rings (SSSR count). The zero-order chi connectivity index (χ0) is 24.7. The van der Waals surface area contributed by atoms with E-state index < -0.39 is 17.5 Å². The first kappa shape index (κ1) is 21.9. The molecule has 3 N–H and O–H groups in total. The highest BCUT2D eigenvalue weighted by Gasteiger charge is 2.48. The van der Waals surface area contributed by atoms with Crippen LogP contribution >= 0.6 is 0 Å². The molecule has 2 atom stereocenters. The van der Waals surface area contributed by atoms with E-state index in [9.17, 15) is 18.3 Å². The van der Waals surface area contributed by atoms with Gasteiger partial charge in [0, 0.05) is 41.8 Å². The van der Waals surface area contributed by atoms with Crippen molar-refractivity contribution in [1.82, 2.24) is 30.2 Å². The molecule has 3 fully saturated rings. The molecule has 36 heavy (non-hydrogen) atoms. The molecule has 6 heterocycles. The first-order chi connectivity index (χ1) is 17.3. The van der Waals surface area contributed by atoms with Gasteiger partial charge >= 0.3 is 6.18 Å². The number of aliphatic hydroxyl groups is 1. The number of fused-ring (bicyclic) bond motifs is 3. The number of aromatic amines is 1. The normalized spacial score (nSPS) is 24.6. The average Bonchev–Trinajstić information content (AvgIpc) is 3.50. The monoisotopic (exact) mass is 495 g/mol. The molecule has 186 valence electrons. The molecule has 0 radical (unpaired) electrons. The van der Waals surface area contributed by atoms with Crippen molar-refractivity contribution >= 4 is 27.8 Å². The largest absolute Gasteiger partial charge is 0.431 e. The number of aromatic nitrogens is 5. The number of H-pyrrole nitrogens is 1. The predicted octanol–water partition coefficient (Wildman–Crippen LogP) is 3.77. The number of halogens is 3. The summed E-state index contributed by atoms with van der Waals surface area (Å²) in [6.45, 7) is 1.95. The summed E-state index contributed by atoms with van der Waals surface area (Å²) >= 11 is 0. The Balaban J connectivity index is 1.45. The Kier molecular flexibility index (Phi) is 4.63. The lowest BCUT2D eigenvalue weighted by molar-refractivity contribution is -0.140. The molecule has 0 spiro atoms. The highest BCUT2D eigenvalue weighted by molar-refractivity contribution is 5.97. The molecule has 0 amide bonds. The van der Waals surface area contributed by atoms with Gasteiger partial charge in [-0.05, 0) is 55.8 Å². The van der Waals surface area contributed by atoms with Gasteiger partial charge in [-0.25, -0.2) is 15.0 Å². The second-order valence-corrected chi connectivity index (χ2v) is 10.1. The van der Waals surface area contributed by atoms with E-state index in [-0.39, 0.29) is 11.7 Å². The number of hydrogen-bond donors (Lipinski definition) is 3. The van der Waals surface area contributed by atoms with E-state index >= 15 is 0 Å². The SMILES string of the molecule is O[C@]12CCN(c3nc(-c4ccnc5[nH]c(C(F)(F)F)cc45)nc4cncc(C5CC5)c34)[C@H]1CCNC2. The first-order valence-electron chi connectivity index (χ1n) is 12.2. The zero-order valence-electron chi connectivity index (χ0n) is 19.3. The van der Waals surface area contributed by atoms with E-state index in [2.05, 4.69) is 25.2 Å². The number of nitrogens with one attached hydrogen (secondary N) is 2. The third kappa shape index (κ3) is 3.36. The summed E-state index contributed by atoms with van der Waals surface area (Å²) in [5.41, 5.74) is 0.625. The molecule has 11 heteroatoms. The highest BCUT2D eigenvalue weighted by Crippen LogP contribution is 2.47. The molecular formula is C25H24F3N7O. The van der Waals surface area contributed by atoms with Crippen LogP contribution < -0.4 is 10.2 Å². The topological polar surface area (TPSA) is 103 Å². The van der Waals surface area contributed by atoms with Crippen LogP contribution in [0.2, 0.25) is 0 Å². The van der Waals surface area contributed by atoms with Gasteiger partial charge in [-0.3, -0.25) is 4.98 Å². The number of piperidine rings is 1. The summed E-state index contributed by atoms with van der Waals surface area (Å²) in [7, 11) is 0. The third-order valence-corrected chi connectivity index (χ3v) is 7.79. The van der Waals surface area contributed by atoms with Crippen molar-refractivity contribution in [2.45, 2.75) is 49.4 Å². The smallest absolute Gasteiger partial charge is 0.386 e. The van der Waals surface area contributed by atoms with Gasteiger partial charge in [-0.15, -0.1) is 0 Å². The lowest BCUT2D eigenvalue weighted by atomic mass is 9.89. The Morgan fingerprint density at radius 3 is 2.81 bits per heavy atom. The number of rotatable bonds is 3. The molecule has 3 aliphatic rings. The Labute approximate surface area is 204 Å². The lowest BCUT2D eigenvalue weighted by Crippen LogP contribution is -2.56. The summed E-state index contributed by atoms with van der Waals surface area (Å²) in [5.74, 6) is 1.44.